The van der Waals surface area contributed by atoms with Crippen molar-refractivity contribution in [1.82, 2.24) is 5.32 Å². The first-order valence-corrected chi connectivity index (χ1v) is 3.66. The molecule has 0 radical (unpaired) electrons. The molecule has 0 spiro atoms. The van der Waals surface area contributed by atoms with Gasteiger partial charge in [0.2, 0.25) is 0 Å². The van der Waals surface area contributed by atoms with E-state index < -0.39 is 0 Å². The van der Waals surface area contributed by atoms with Gasteiger partial charge in [0, 0.05) is 13.1 Å². The second-order valence-electron chi connectivity index (χ2n) is 2.82. The monoisotopic (exact) mass is 131 g/mol. The van der Waals surface area contributed by atoms with Crippen molar-refractivity contribution in [3.63, 3.8) is 0 Å². The smallest absolute Gasteiger partial charge is 0.139 e. The van der Waals surface area contributed by atoms with Crippen molar-refractivity contribution in [1.29, 1.82) is 0 Å². The lowest BCUT2D eigenvalue weighted by Gasteiger charge is -1.99. The van der Waals surface area contributed by atoms with Crippen LogP contribution < -0.4 is 10.8 Å². The molecule has 1 aliphatic rings. The van der Waals surface area contributed by atoms with Crippen LogP contribution in [0.2, 0.25) is 0 Å². The summed E-state index contributed by atoms with van der Waals surface area (Å²) >= 11 is 0. The van der Waals surface area contributed by atoms with Gasteiger partial charge in [-0.15, -0.1) is 0 Å². The molecular weight excluding hydrogens is 121 g/mol. The number of hydrogen-bond donors (Lipinski definition) is 1. The molecule has 0 atom stereocenters. The Balaban J connectivity index is 2.59. The van der Waals surface area contributed by atoms with E-state index in [4.69, 9.17) is 0 Å². The Labute approximate surface area is 61.9 Å². The standard InChI is InChI=1S/C8H10BN/c9-8-3-1-2-6-4-10-5-7(6)8/h1-3,10H,4-5,9H2. The van der Waals surface area contributed by atoms with Gasteiger partial charge in [0.05, 0.1) is 0 Å². The largest absolute Gasteiger partial charge is 0.309 e. The minimum absolute atomic E-state index is 1.05. The highest BCUT2D eigenvalue weighted by Gasteiger charge is 2.09. The third kappa shape index (κ3) is 0.763. The number of benzene rings is 1. The van der Waals surface area contributed by atoms with Gasteiger partial charge < -0.3 is 5.32 Å². The van der Waals surface area contributed by atoms with E-state index in [2.05, 4.69) is 31.4 Å². The van der Waals surface area contributed by atoms with Gasteiger partial charge in [0.1, 0.15) is 7.85 Å². The molecule has 50 valence electrons. The maximum atomic E-state index is 3.33. The fraction of sp³-hybridized carbons (Fsp3) is 0.250. The molecule has 1 aromatic rings. The highest BCUT2D eigenvalue weighted by Crippen LogP contribution is 2.10. The molecule has 10 heavy (non-hydrogen) atoms. The summed E-state index contributed by atoms with van der Waals surface area (Å²) in [7, 11) is 2.17. The first-order valence-electron chi connectivity index (χ1n) is 3.66. The van der Waals surface area contributed by atoms with Gasteiger partial charge in [-0.3, -0.25) is 0 Å². The van der Waals surface area contributed by atoms with E-state index in [0.29, 0.717) is 0 Å². The van der Waals surface area contributed by atoms with Crippen molar-refractivity contribution in [2.45, 2.75) is 13.1 Å². The molecule has 0 saturated heterocycles. The van der Waals surface area contributed by atoms with Gasteiger partial charge in [0.25, 0.3) is 0 Å². The van der Waals surface area contributed by atoms with E-state index in [0.717, 1.165) is 13.1 Å². The summed E-state index contributed by atoms with van der Waals surface area (Å²) in [6.45, 7) is 2.11. The van der Waals surface area contributed by atoms with Crippen molar-refractivity contribution in [3.05, 3.63) is 29.3 Å². The lowest BCUT2D eigenvalue weighted by atomic mass is 9.89. The molecule has 0 amide bonds. The molecule has 1 aliphatic heterocycles. The van der Waals surface area contributed by atoms with Crippen LogP contribution >= 0.6 is 0 Å². The Morgan fingerprint density at radius 3 is 3.00 bits per heavy atom. The molecule has 0 bridgehead atoms. The summed E-state index contributed by atoms with van der Waals surface area (Å²) < 4.78 is 0. The first-order chi connectivity index (χ1) is 4.88. The molecule has 0 unspecified atom stereocenters. The predicted octanol–water partition coefficient (Wildman–Crippen LogP) is -0.452. The van der Waals surface area contributed by atoms with E-state index >= 15 is 0 Å². The van der Waals surface area contributed by atoms with Crippen LogP contribution in [0, 0.1) is 0 Å². The highest BCUT2D eigenvalue weighted by molar-refractivity contribution is 6.33. The zero-order chi connectivity index (χ0) is 6.97. The zero-order valence-corrected chi connectivity index (χ0v) is 6.15. The zero-order valence-electron chi connectivity index (χ0n) is 6.15. The second kappa shape index (κ2) is 2.13. The lowest BCUT2D eigenvalue weighted by Crippen LogP contribution is -2.10. The predicted molar refractivity (Wildman–Crippen MR) is 45.2 cm³/mol. The fourth-order valence-corrected chi connectivity index (χ4v) is 1.50. The Morgan fingerprint density at radius 2 is 2.20 bits per heavy atom. The fourth-order valence-electron chi connectivity index (χ4n) is 1.50. The average Bonchev–Trinajstić information content (AvgIpc) is 2.36. The number of rotatable bonds is 0. The molecule has 0 saturated carbocycles. The minimum Gasteiger partial charge on any atom is -0.309 e. The van der Waals surface area contributed by atoms with E-state index in [1.807, 2.05) is 0 Å². The summed E-state index contributed by atoms with van der Waals surface area (Å²) in [6, 6.07) is 6.50. The molecule has 2 rings (SSSR count). The molecule has 0 aliphatic carbocycles. The van der Waals surface area contributed by atoms with Crippen LogP contribution in [0.4, 0.5) is 0 Å². The number of hydrogen-bond acceptors (Lipinski definition) is 1. The molecule has 1 heterocycles. The third-order valence-electron chi connectivity index (χ3n) is 2.12. The Hall–Kier alpha value is -0.755. The van der Waals surface area contributed by atoms with E-state index in [1.54, 1.807) is 0 Å². The van der Waals surface area contributed by atoms with Crippen molar-refractivity contribution >= 4 is 13.3 Å². The topological polar surface area (TPSA) is 12.0 Å². The normalized spacial score (nSPS) is 15.2. The molecule has 2 heteroatoms. The highest BCUT2D eigenvalue weighted by atomic mass is 14.9. The summed E-state index contributed by atoms with van der Waals surface area (Å²) in [4.78, 5) is 0. The maximum absolute atomic E-state index is 3.33. The summed E-state index contributed by atoms with van der Waals surface area (Å²) in [5.74, 6) is 0. The van der Waals surface area contributed by atoms with Crippen LogP contribution in [0.3, 0.4) is 0 Å². The second-order valence-corrected chi connectivity index (χ2v) is 2.82. The van der Waals surface area contributed by atoms with E-state index in [9.17, 15) is 0 Å². The van der Waals surface area contributed by atoms with Gasteiger partial charge in [-0.1, -0.05) is 23.7 Å². The molecule has 1 N–H and O–H groups in total. The molecular formula is C8H10BN. The van der Waals surface area contributed by atoms with Crippen LogP contribution in [-0.4, -0.2) is 7.85 Å². The Kier molecular flexibility index (Phi) is 1.28. The summed E-state index contributed by atoms with van der Waals surface area (Å²) in [5, 5.41) is 3.33. The van der Waals surface area contributed by atoms with Gasteiger partial charge in [-0.2, -0.15) is 0 Å². The lowest BCUT2D eigenvalue weighted by molar-refractivity contribution is 0.766. The molecule has 1 aromatic carbocycles. The van der Waals surface area contributed by atoms with Gasteiger partial charge in [-0.25, -0.2) is 0 Å². The van der Waals surface area contributed by atoms with Crippen LogP contribution in [-0.2, 0) is 13.1 Å². The van der Waals surface area contributed by atoms with Gasteiger partial charge in [0.15, 0.2) is 0 Å². The SMILES string of the molecule is Bc1cccc2c1CNC2. The minimum atomic E-state index is 1.05. The van der Waals surface area contributed by atoms with E-state index in [-0.39, 0.29) is 0 Å². The van der Waals surface area contributed by atoms with Gasteiger partial charge >= 0.3 is 0 Å². The van der Waals surface area contributed by atoms with Crippen molar-refractivity contribution in [2.24, 2.45) is 0 Å². The van der Waals surface area contributed by atoms with Gasteiger partial charge in [-0.05, 0) is 11.1 Å². The third-order valence-corrected chi connectivity index (χ3v) is 2.12. The van der Waals surface area contributed by atoms with Crippen LogP contribution in [0.1, 0.15) is 11.1 Å². The first kappa shape index (κ1) is 5.99. The van der Waals surface area contributed by atoms with Crippen LogP contribution in [0.25, 0.3) is 0 Å². The Bertz CT molecular complexity index is 257. The van der Waals surface area contributed by atoms with Crippen LogP contribution in [0.5, 0.6) is 0 Å². The van der Waals surface area contributed by atoms with E-state index in [1.165, 1.54) is 16.6 Å². The van der Waals surface area contributed by atoms with Crippen molar-refractivity contribution in [2.75, 3.05) is 0 Å². The van der Waals surface area contributed by atoms with Crippen molar-refractivity contribution < 1.29 is 0 Å². The average molecular weight is 131 g/mol. The number of fused-ring (bicyclic) bond motifs is 1. The molecule has 1 nitrogen and oxygen atoms in total. The molecule has 0 aromatic heterocycles. The summed E-state index contributed by atoms with van der Waals surface area (Å²) in [6.07, 6.45) is 0. The Morgan fingerprint density at radius 1 is 1.30 bits per heavy atom. The molecule has 0 fully saturated rings. The number of nitrogens with one attached hydrogen (secondary N) is 1. The van der Waals surface area contributed by atoms with Crippen molar-refractivity contribution in [3.8, 4) is 0 Å². The maximum Gasteiger partial charge on any atom is 0.139 e. The quantitative estimate of drug-likeness (QED) is 0.470. The summed E-state index contributed by atoms with van der Waals surface area (Å²) in [5.41, 5.74) is 4.39. The van der Waals surface area contributed by atoms with Crippen LogP contribution in [0.15, 0.2) is 18.2 Å².